The summed E-state index contributed by atoms with van der Waals surface area (Å²) in [4.78, 5) is 13.7. The third-order valence-electron chi connectivity index (χ3n) is 6.77. The second-order valence-electron chi connectivity index (χ2n) is 11.2. The van der Waals surface area contributed by atoms with Crippen molar-refractivity contribution < 1.29 is 40.6 Å². The number of halogens is 4. The van der Waals surface area contributed by atoms with Gasteiger partial charge in [0.15, 0.2) is 0 Å². The molecular formula is C30H33F4N4O5S-. The number of piperidine rings is 1. The first-order valence-corrected chi connectivity index (χ1v) is 14.8. The van der Waals surface area contributed by atoms with Crippen molar-refractivity contribution in [3.63, 3.8) is 0 Å². The van der Waals surface area contributed by atoms with Crippen LogP contribution in [0.2, 0.25) is 0 Å². The van der Waals surface area contributed by atoms with Crippen LogP contribution >= 0.6 is 0 Å². The van der Waals surface area contributed by atoms with Gasteiger partial charge in [0, 0.05) is 22.5 Å². The van der Waals surface area contributed by atoms with Crippen LogP contribution in [0, 0.1) is 11.8 Å². The Morgan fingerprint density at radius 2 is 1.91 bits per heavy atom. The molecule has 1 aliphatic heterocycles. The molecule has 3 atom stereocenters. The van der Waals surface area contributed by atoms with Crippen LogP contribution in [-0.2, 0) is 22.4 Å². The highest BCUT2D eigenvalue weighted by Gasteiger charge is 2.34. The number of fused-ring (bicyclic) bond motifs is 1. The van der Waals surface area contributed by atoms with Crippen LogP contribution in [0.25, 0.3) is 10.9 Å². The van der Waals surface area contributed by atoms with Gasteiger partial charge in [0.05, 0.1) is 43.1 Å². The number of amides is 1. The van der Waals surface area contributed by atoms with E-state index in [1.807, 2.05) is 0 Å². The van der Waals surface area contributed by atoms with Crippen molar-refractivity contribution in [1.29, 1.82) is 0 Å². The maximum atomic E-state index is 15.2. The van der Waals surface area contributed by atoms with Gasteiger partial charge in [0.2, 0.25) is 0 Å². The number of ether oxygens (including phenoxy) is 2. The van der Waals surface area contributed by atoms with E-state index in [1.54, 1.807) is 39.0 Å². The maximum absolute atomic E-state index is 15.2. The van der Waals surface area contributed by atoms with Crippen molar-refractivity contribution >= 4 is 39.5 Å². The summed E-state index contributed by atoms with van der Waals surface area (Å²) >= 11 is -2.44. The number of methoxy groups -OCH3 is 1. The third kappa shape index (κ3) is 8.35. The molecule has 238 valence electrons. The number of nitrogens with zero attached hydrogens (tertiary/aromatic N) is 2. The van der Waals surface area contributed by atoms with Gasteiger partial charge >= 0.3 is 12.3 Å². The number of rotatable bonds is 7. The number of hydrogen-bond donors (Lipinski definition) is 2. The molecule has 2 N–H and O–H groups in total. The molecule has 0 saturated carbocycles. The Bertz CT molecular complexity index is 1590. The number of nitrogens with one attached hydrogen (secondary N) is 2. The summed E-state index contributed by atoms with van der Waals surface area (Å²) in [5.74, 6) is 5.86. The van der Waals surface area contributed by atoms with Crippen molar-refractivity contribution in [3.05, 3.63) is 48.2 Å². The normalized spacial score (nSPS) is 17.9. The van der Waals surface area contributed by atoms with E-state index in [0.717, 1.165) is 4.57 Å². The number of benzene rings is 2. The predicted molar refractivity (Wildman–Crippen MR) is 158 cm³/mol. The summed E-state index contributed by atoms with van der Waals surface area (Å²) in [6.45, 7) is 4.00. The molecule has 1 saturated heterocycles. The van der Waals surface area contributed by atoms with E-state index in [9.17, 15) is 26.7 Å². The lowest BCUT2D eigenvalue weighted by Crippen LogP contribution is -2.51. The number of likely N-dealkylation sites (tertiary alicyclic amines) is 1. The molecule has 1 aliphatic rings. The number of alkyl halides is 4. The number of aromatic nitrogens is 1. The Hall–Kier alpha value is -3.96. The second-order valence-corrected chi connectivity index (χ2v) is 12.1. The summed E-state index contributed by atoms with van der Waals surface area (Å²) in [5.41, 5.74) is 0.566. The quantitative estimate of drug-likeness (QED) is 0.195. The Morgan fingerprint density at radius 1 is 1.16 bits per heavy atom. The standard InChI is InChI=1S/C30H34F4N4O5S/c1-29(2,3)43-28(39)37-14-12-24(22(31)17-37)36-23-8-5-9-26-21(23)15-19(38(26)18-30(32,33)34)7-6-13-35-25-11-10-20(44(40)41)16-27(25)42-4/h5,8-11,15-16,22,24,35-36H,12-14,17-18H2,1-4H3,(H,40,41)/p-1/t22-,24+/m1/s1. The minimum Gasteiger partial charge on any atom is -0.768 e. The summed E-state index contributed by atoms with van der Waals surface area (Å²) in [5, 5.41) is 6.55. The zero-order valence-corrected chi connectivity index (χ0v) is 25.4. The molecular weight excluding hydrogens is 604 g/mol. The minimum absolute atomic E-state index is 0.0224. The molecule has 0 aliphatic carbocycles. The first-order valence-electron chi connectivity index (χ1n) is 13.7. The number of hydrogen-bond acceptors (Lipinski definition) is 7. The molecule has 14 heteroatoms. The molecule has 1 amide bonds. The molecule has 2 aromatic carbocycles. The molecule has 1 aromatic heterocycles. The van der Waals surface area contributed by atoms with Gasteiger partial charge in [0.1, 0.15) is 24.1 Å². The van der Waals surface area contributed by atoms with Crippen LogP contribution in [0.15, 0.2) is 47.4 Å². The molecule has 1 unspecified atom stereocenters. The average Bonchev–Trinajstić information content (AvgIpc) is 3.27. The minimum atomic E-state index is -4.53. The van der Waals surface area contributed by atoms with Crippen LogP contribution in [-0.4, -0.2) is 75.1 Å². The first kappa shape index (κ1) is 32.9. The summed E-state index contributed by atoms with van der Waals surface area (Å²) in [6.07, 6.45) is -6.29. The molecule has 0 bridgehead atoms. The fraction of sp³-hybridized carbons (Fsp3) is 0.433. The van der Waals surface area contributed by atoms with E-state index in [2.05, 4.69) is 22.5 Å². The van der Waals surface area contributed by atoms with Gasteiger partial charge in [-0.25, -0.2) is 9.18 Å². The van der Waals surface area contributed by atoms with Gasteiger partial charge in [-0.2, -0.15) is 13.2 Å². The van der Waals surface area contributed by atoms with Crippen LogP contribution in [0.4, 0.5) is 33.7 Å². The lowest BCUT2D eigenvalue weighted by molar-refractivity contribution is -0.140. The molecule has 3 aromatic rings. The summed E-state index contributed by atoms with van der Waals surface area (Å²) in [6, 6.07) is 9.85. The van der Waals surface area contributed by atoms with Crippen molar-refractivity contribution in [2.24, 2.45) is 0 Å². The first-order chi connectivity index (χ1) is 20.6. The summed E-state index contributed by atoms with van der Waals surface area (Å²) in [7, 11) is 1.38. The third-order valence-corrected chi connectivity index (χ3v) is 7.41. The van der Waals surface area contributed by atoms with Crippen LogP contribution in [0.3, 0.4) is 0 Å². The number of carbonyl (C=O) groups is 1. The molecule has 4 rings (SSSR count). The Morgan fingerprint density at radius 3 is 2.55 bits per heavy atom. The van der Waals surface area contributed by atoms with Gasteiger partial charge in [-0.1, -0.05) is 12.0 Å². The highest BCUT2D eigenvalue weighted by molar-refractivity contribution is 7.79. The van der Waals surface area contributed by atoms with Crippen molar-refractivity contribution in [2.45, 2.75) is 62.6 Å². The number of carbonyl (C=O) groups excluding carboxylic acids is 1. The van der Waals surface area contributed by atoms with Crippen molar-refractivity contribution in [2.75, 3.05) is 37.4 Å². The second kappa shape index (κ2) is 13.4. The molecule has 0 spiro atoms. The molecule has 9 nitrogen and oxygen atoms in total. The lowest BCUT2D eigenvalue weighted by Gasteiger charge is -2.36. The Labute approximate surface area is 255 Å². The van der Waals surface area contributed by atoms with E-state index in [1.165, 1.54) is 36.3 Å². The molecule has 44 heavy (non-hydrogen) atoms. The van der Waals surface area contributed by atoms with E-state index < -0.39 is 47.7 Å². The van der Waals surface area contributed by atoms with Crippen molar-refractivity contribution in [1.82, 2.24) is 9.47 Å². The Balaban J connectivity index is 1.55. The van der Waals surface area contributed by atoms with E-state index in [4.69, 9.17) is 9.47 Å². The lowest BCUT2D eigenvalue weighted by atomic mass is 10.0. The topological polar surface area (TPSA) is 108 Å². The van der Waals surface area contributed by atoms with Crippen LogP contribution in [0.5, 0.6) is 5.75 Å². The largest absolute Gasteiger partial charge is 0.768 e. The van der Waals surface area contributed by atoms with Crippen LogP contribution in [0.1, 0.15) is 32.9 Å². The number of anilines is 2. The predicted octanol–water partition coefficient (Wildman–Crippen LogP) is 5.67. The summed E-state index contributed by atoms with van der Waals surface area (Å²) < 4.78 is 90.0. The smallest absolute Gasteiger partial charge is 0.410 e. The van der Waals surface area contributed by atoms with E-state index >= 15 is 4.39 Å². The monoisotopic (exact) mass is 637 g/mol. The van der Waals surface area contributed by atoms with Crippen molar-refractivity contribution in [3.8, 4) is 17.6 Å². The highest BCUT2D eigenvalue weighted by atomic mass is 32.2. The van der Waals surface area contributed by atoms with Gasteiger partial charge in [-0.3, -0.25) is 4.21 Å². The average molecular weight is 638 g/mol. The molecule has 2 heterocycles. The molecule has 0 radical (unpaired) electrons. The zero-order valence-electron chi connectivity index (χ0n) is 24.6. The highest BCUT2D eigenvalue weighted by Crippen LogP contribution is 2.32. The maximum Gasteiger partial charge on any atom is 0.410 e. The van der Waals surface area contributed by atoms with Gasteiger partial charge < -0.3 is 34.1 Å². The Kier molecular flexibility index (Phi) is 10.00. The van der Waals surface area contributed by atoms with E-state index in [-0.39, 0.29) is 47.9 Å². The van der Waals surface area contributed by atoms with E-state index in [0.29, 0.717) is 16.8 Å². The van der Waals surface area contributed by atoms with Gasteiger partial charge in [0.25, 0.3) is 0 Å². The fourth-order valence-electron chi connectivity index (χ4n) is 4.82. The SMILES string of the molecule is COc1cc(S(=O)[O-])ccc1NCC#Cc1cc2c(N[C@H]3CCN(C(=O)OC(C)(C)C)C[C@H]3F)cccc2n1CC(F)(F)F. The van der Waals surface area contributed by atoms with Crippen LogP contribution < -0.4 is 15.4 Å². The van der Waals surface area contributed by atoms with Gasteiger partial charge in [-0.15, -0.1) is 0 Å². The van der Waals surface area contributed by atoms with Gasteiger partial charge in [-0.05, 0) is 80.6 Å². The fourth-order valence-corrected chi connectivity index (χ4v) is 5.20. The zero-order chi connectivity index (χ0) is 32.2. The molecule has 1 fully saturated rings.